The van der Waals surface area contributed by atoms with Crippen LogP contribution in [-0.4, -0.2) is 22.0 Å². The van der Waals surface area contributed by atoms with Crippen LogP contribution in [0, 0.1) is 6.92 Å². The molecule has 2 aliphatic rings. The summed E-state index contributed by atoms with van der Waals surface area (Å²) in [6.45, 7) is 1.89. The predicted molar refractivity (Wildman–Crippen MR) is 107 cm³/mol. The maximum atomic E-state index is 13.3. The summed E-state index contributed by atoms with van der Waals surface area (Å²) in [4.78, 5) is 32.0. The van der Waals surface area contributed by atoms with Gasteiger partial charge in [-0.25, -0.2) is 0 Å². The highest BCUT2D eigenvalue weighted by Gasteiger charge is 2.52. The van der Waals surface area contributed by atoms with Crippen LogP contribution in [0.4, 0.5) is 8.78 Å². The number of Topliss-reactive ketones (excluding diaryl/α,β-unsaturated/α-hetero) is 1. The van der Waals surface area contributed by atoms with E-state index in [9.17, 15) is 18.4 Å². The van der Waals surface area contributed by atoms with Crippen molar-refractivity contribution < 1.29 is 23.0 Å². The summed E-state index contributed by atoms with van der Waals surface area (Å²) in [5.41, 5.74) is 2.47. The topological polar surface area (TPSA) is 81.3 Å². The van der Waals surface area contributed by atoms with Crippen LogP contribution in [0.25, 0.3) is 11.3 Å². The minimum Gasteiger partial charge on any atom is -0.395 e. The third-order valence-electron chi connectivity index (χ3n) is 5.78. The van der Waals surface area contributed by atoms with Crippen molar-refractivity contribution in [1.29, 1.82) is 0 Å². The van der Waals surface area contributed by atoms with E-state index in [2.05, 4.69) is 19.4 Å². The standard InChI is InChI=1S/C23H18F2N2O4/c1-13-2-4-16(27-21(13)14-6-9-26-20(29)10-14)12-19(28)22(7-8-22)15-3-5-17-18(11-15)31-23(24,25)30-17/h2-6,9-11H,7-8,12H2,1H3,(H,26,29). The molecule has 1 aliphatic heterocycles. The van der Waals surface area contributed by atoms with Gasteiger partial charge in [0.2, 0.25) is 5.56 Å². The molecule has 1 aromatic carbocycles. The van der Waals surface area contributed by atoms with Crippen molar-refractivity contribution >= 4 is 5.78 Å². The molecule has 0 unspecified atom stereocenters. The highest BCUT2D eigenvalue weighted by atomic mass is 19.3. The molecule has 5 rings (SSSR count). The van der Waals surface area contributed by atoms with Crippen LogP contribution in [0.3, 0.4) is 0 Å². The van der Waals surface area contributed by atoms with Gasteiger partial charge in [0.15, 0.2) is 11.5 Å². The lowest BCUT2D eigenvalue weighted by atomic mass is 9.88. The maximum Gasteiger partial charge on any atom is 0.586 e. The molecule has 6 nitrogen and oxygen atoms in total. The SMILES string of the molecule is Cc1ccc(CC(=O)C2(c3ccc4c(c3)OC(F)(F)O4)CC2)nc1-c1cc[nH]c(=O)c1. The number of rotatable bonds is 5. The number of pyridine rings is 2. The lowest BCUT2D eigenvalue weighted by Crippen LogP contribution is -2.26. The number of hydrogen-bond acceptors (Lipinski definition) is 5. The van der Waals surface area contributed by atoms with Crippen LogP contribution in [0.15, 0.2) is 53.5 Å². The third-order valence-corrected chi connectivity index (χ3v) is 5.78. The molecule has 0 bridgehead atoms. The number of nitrogens with zero attached hydrogens (tertiary/aromatic N) is 1. The van der Waals surface area contributed by atoms with Crippen molar-refractivity contribution in [2.24, 2.45) is 0 Å². The number of aromatic amines is 1. The van der Waals surface area contributed by atoms with Gasteiger partial charge in [0.25, 0.3) is 0 Å². The van der Waals surface area contributed by atoms with Gasteiger partial charge in [0.05, 0.1) is 11.1 Å². The number of ketones is 1. The van der Waals surface area contributed by atoms with Crippen molar-refractivity contribution in [2.75, 3.05) is 0 Å². The van der Waals surface area contributed by atoms with E-state index in [1.807, 2.05) is 13.0 Å². The molecule has 0 atom stereocenters. The van der Waals surface area contributed by atoms with E-state index in [0.29, 0.717) is 35.4 Å². The van der Waals surface area contributed by atoms with E-state index in [-0.39, 0.29) is 29.3 Å². The first-order valence-corrected chi connectivity index (χ1v) is 9.85. The number of fused-ring (bicyclic) bond motifs is 1. The fourth-order valence-electron chi connectivity index (χ4n) is 3.99. The highest BCUT2D eigenvalue weighted by Crippen LogP contribution is 2.52. The number of halogens is 2. The number of aryl methyl sites for hydroxylation is 1. The molecule has 1 fully saturated rings. The monoisotopic (exact) mass is 424 g/mol. The van der Waals surface area contributed by atoms with Gasteiger partial charge < -0.3 is 14.5 Å². The van der Waals surface area contributed by atoms with Crippen LogP contribution in [0.1, 0.15) is 29.7 Å². The molecule has 0 amide bonds. The quantitative estimate of drug-likeness (QED) is 0.672. The maximum absolute atomic E-state index is 13.3. The van der Waals surface area contributed by atoms with E-state index >= 15 is 0 Å². The minimum atomic E-state index is -3.69. The van der Waals surface area contributed by atoms with Crippen LogP contribution in [0.2, 0.25) is 0 Å². The number of benzene rings is 1. The Morgan fingerprint density at radius 1 is 1.10 bits per heavy atom. The second-order valence-corrected chi connectivity index (χ2v) is 7.92. The smallest absolute Gasteiger partial charge is 0.395 e. The van der Waals surface area contributed by atoms with Gasteiger partial charge in [-0.1, -0.05) is 12.1 Å². The summed E-state index contributed by atoms with van der Waals surface area (Å²) in [6, 6.07) is 11.4. The first-order valence-electron chi connectivity index (χ1n) is 9.85. The molecule has 0 saturated heterocycles. The molecule has 1 aliphatic carbocycles. The zero-order valence-corrected chi connectivity index (χ0v) is 16.6. The van der Waals surface area contributed by atoms with Gasteiger partial charge in [-0.05, 0) is 55.2 Å². The lowest BCUT2D eigenvalue weighted by Gasteiger charge is -2.15. The number of H-pyrrole nitrogens is 1. The number of alkyl halides is 2. The van der Waals surface area contributed by atoms with Gasteiger partial charge in [0, 0.05) is 29.9 Å². The summed E-state index contributed by atoms with van der Waals surface area (Å²) in [5, 5.41) is 0. The number of ether oxygens (including phenoxy) is 2. The Balaban J connectivity index is 1.41. The Labute approximate surface area is 175 Å². The zero-order chi connectivity index (χ0) is 21.8. The molecule has 1 saturated carbocycles. The normalized spacial score (nSPS) is 17.4. The van der Waals surface area contributed by atoms with Gasteiger partial charge in [-0.2, -0.15) is 0 Å². The predicted octanol–water partition coefficient (Wildman–Crippen LogP) is 3.91. The first-order chi connectivity index (χ1) is 14.8. The van der Waals surface area contributed by atoms with E-state index in [1.54, 1.807) is 24.4 Å². The number of hydrogen-bond donors (Lipinski definition) is 1. The fourth-order valence-corrected chi connectivity index (χ4v) is 3.99. The Kier molecular flexibility index (Phi) is 4.22. The van der Waals surface area contributed by atoms with Crippen LogP contribution < -0.4 is 15.0 Å². The van der Waals surface area contributed by atoms with Crippen LogP contribution in [-0.2, 0) is 16.6 Å². The molecule has 0 spiro atoms. The van der Waals surface area contributed by atoms with Crippen molar-refractivity contribution in [3.63, 3.8) is 0 Å². The van der Waals surface area contributed by atoms with Crippen molar-refractivity contribution in [3.05, 3.63) is 75.8 Å². The summed E-state index contributed by atoms with van der Waals surface area (Å²) in [7, 11) is 0. The van der Waals surface area contributed by atoms with Gasteiger partial charge in [-0.15, -0.1) is 8.78 Å². The first kappa shape index (κ1) is 19.4. The summed E-state index contributed by atoms with van der Waals surface area (Å²) in [6.07, 6.45) is -0.771. The molecule has 2 aromatic heterocycles. The molecule has 8 heteroatoms. The third kappa shape index (κ3) is 3.48. The largest absolute Gasteiger partial charge is 0.586 e. The molecule has 158 valence electrons. The van der Waals surface area contributed by atoms with Crippen molar-refractivity contribution in [3.8, 4) is 22.8 Å². The van der Waals surface area contributed by atoms with Crippen molar-refractivity contribution in [2.45, 2.75) is 37.9 Å². The average Bonchev–Trinajstić information content (AvgIpc) is 3.46. The van der Waals surface area contributed by atoms with E-state index < -0.39 is 11.7 Å². The lowest BCUT2D eigenvalue weighted by molar-refractivity contribution is -0.286. The Morgan fingerprint density at radius 2 is 1.87 bits per heavy atom. The van der Waals surface area contributed by atoms with Crippen LogP contribution in [0.5, 0.6) is 11.5 Å². The van der Waals surface area contributed by atoms with E-state index in [1.165, 1.54) is 18.2 Å². The molecular weight excluding hydrogens is 406 g/mol. The van der Waals surface area contributed by atoms with Gasteiger partial charge >= 0.3 is 6.29 Å². The Morgan fingerprint density at radius 3 is 2.61 bits per heavy atom. The van der Waals surface area contributed by atoms with Crippen LogP contribution >= 0.6 is 0 Å². The summed E-state index contributed by atoms with van der Waals surface area (Å²) >= 11 is 0. The average molecular weight is 424 g/mol. The number of carbonyl (C=O) groups is 1. The van der Waals surface area contributed by atoms with E-state index in [0.717, 1.165) is 5.56 Å². The van der Waals surface area contributed by atoms with Gasteiger partial charge in [-0.3, -0.25) is 14.6 Å². The van der Waals surface area contributed by atoms with Crippen molar-refractivity contribution in [1.82, 2.24) is 9.97 Å². The molecule has 3 heterocycles. The number of aromatic nitrogens is 2. The zero-order valence-electron chi connectivity index (χ0n) is 16.6. The highest BCUT2D eigenvalue weighted by molar-refractivity contribution is 5.94. The second kappa shape index (κ2) is 6.73. The minimum absolute atomic E-state index is 0.0358. The molecule has 3 aromatic rings. The number of carbonyl (C=O) groups excluding carboxylic acids is 1. The summed E-state index contributed by atoms with van der Waals surface area (Å²) in [5.74, 6) is -0.141. The second-order valence-electron chi connectivity index (χ2n) is 7.92. The molecule has 31 heavy (non-hydrogen) atoms. The van der Waals surface area contributed by atoms with Gasteiger partial charge in [0.1, 0.15) is 5.78 Å². The Bertz CT molecular complexity index is 1260. The molecule has 1 N–H and O–H groups in total. The Hall–Kier alpha value is -3.55. The fraction of sp³-hybridized carbons (Fsp3) is 0.261. The molecule has 0 radical (unpaired) electrons. The molecular formula is C23H18F2N2O4. The summed E-state index contributed by atoms with van der Waals surface area (Å²) < 4.78 is 35.6. The van der Waals surface area contributed by atoms with E-state index in [4.69, 9.17) is 0 Å². The number of nitrogens with one attached hydrogen (secondary N) is 1.